The summed E-state index contributed by atoms with van der Waals surface area (Å²) in [4.78, 5) is 30.8. The van der Waals surface area contributed by atoms with E-state index in [0.717, 1.165) is 37.8 Å². The number of hydrogen-bond donors (Lipinski definition) is 2. The summed E-state index contributed by atoms with van der Waals surface area (Å²) in [6.07, 6.45) is 5.13. The number of H-pyrrole nitrogens is 1. The minimum atomic E-state index is -0.470. The second-order valence-corrected chi connectivity index (χ2v) is 5.95. The first kappa shape index (κ1) is 18.0. The smallest absolute Gasteiger partial charge is 0.303 e. The minimum absolute atomic E-state index is 0.367. The van der Waals surface area contributed by atoms with Crippen LogP contribution in [-0.2, 0) is 13.6 Å². The summed E-state index contributed by atoms with van der Waals surface area (Å²) in [7, 11) is 1.60. The SMILES string of the molecule is CCCCCCn1c(N/N=C(/C)CC)nc2c1c(=O)[nH]c(=O)n2C. The van der Waals surface area contributed by atoms with Crippen LogP contribution in [0.2, 0.25) is 0 Å². The fourth-order valence-corrected chi connectivity index (χ4v) is 2.46. The summed E-state index contributed by atoms with van der Waals surface area (Å²) in [5.74, 6) is 0.487. The number of nitrogens with one attached hydrogen (secondary N) is 2. The Hall–Kier alpha value is -2.38. The molecule has 2 aromatic rings. The molecule has 0 aliphatic carbocycles. The molecule has 24 heavy (non-hydrogen) atoms. The predicted octanol–water partition coefficient (Wildman–Crippen LogP) is 2.20. The molecule has 132 valence electrons. The zero-order valence-electron chi connectivity index (χ0n) is 14.8. The van der Waals surface area contributed by atoms with Gasteiger partial charge in [0.2, 0.25) is 5.95 Å². The molecular formula is C16H26N6O2. The van der Waals surface area contributed by atoms with Gasteiger partial charge in [0.15, 0.2) is 11.2 Å². The number of hydrazone groups is 1. The highest BCUT2D eigenvalue weighted by molar-refractivity contribution is 5.82. The summed E-state index contributed by atoms with van der Waals surface area (Å²) < 4.78 is 3.16. The Kier molecular flexibility index (Phi) is 5.94. The van der Waals surface area contributed by atoms with Crippen LogP contribution in [-0.4, -0.2) is 24.8 Å². The van der Waals surface area contributed by atoms with E-state index in [1.165, 1.54) is 4.57 Å². The molecule has 0 radical (unpaired) electrons. The van der Waals surface area contributed by atoms with Crippen molar-refractivity contribution in [2.75, 3.05) is 5.43 Å². The highest BCUT2D eigenvalue weighted by Gasteiger charge is 2.16. The van der Waals surface area contributed by atoms with Crippen LogP contribution < -0.4 is 16.7 Å². The summed E-state index contributed by atoms with van der Waals surface area (Å²) >= 11 is 0. The third-order valence-corrected chi connectivity index (χ3v) is 4.10. The van der Waals surface area contributed by atoms with Crippen LogP contribution in [0.3, 0.4) is 0 Å². The molecule has 0 aromatic carbocycles. The quantitative estimate of drug-likeness (QED) is 0.439. The molecule has 2 rings (SSSR count). The maximum Gasteiger partial charge on any atom is 0.329 e. The van der Waals surface area contributed by atoms with Gasteiger partial charge < -0.3 is 4.57 Å². The highest BCUT2D eigenvalue weighted by atomic mass is 16.2. The van der Waals surface area contributed by atoms with Crippen molar-refractivity contribution in [1.82, 2.24) is 19.1 Å². The zero-order valence-corrected chi connectivity index (χ0v) is 14.8. The second-order valence-electron chi connectivity index (χ2n) is 5.95. The molecule has 8 heteroatoms. The highest BCUT2D eigenvalue weighted by Crippen LogP contribution is 2.17. The van der Waals surface area contributed by atoms with Crippen LogP contribution in [0.1, 0.15) is 52.9 Å². The molecule has 0 aliphatic heterocycles. The van der Waals surface area contributed by atoms with Gasteiger partial charge in [-0.15, -0.1) is 0 Å². The van der Waals surface area contributed by atoms with Crippen molar-refractivity contribution in [3.8, 4) is 0 Å². The van der Waals surface area contributed by atoms with Crippen LogP contribution in [0.25, 0.3) is 11.2 Å². The summed E-state index contributed by atoms with van der Waals surface area (Å²) in [5, 5.41) is 4.28. The van der Waals surface area contributed by atoms with Gasteiger partial charge in [0, 0.05) is 19.3 Å². The second kappa shape index (κ2) is 7.94. The van der Waals surface area contributed by atoms with Crippen LogP contribution in [0.15, 0.2) is 14.7 Å². The standard InChI is InChI=1S/C16H26N6O2/c1-5-7-8-9-10-22-12-13(21(4)16(24)18-14(12)23)17-15(22)20-19-11(3)6-2/h5-10H2,1-4H3,(H,17,20)(H,18,23,24)/b19-11-. The molecule has 0 unspecified atom stereocenters. The topological polar surface area (TPSA) is 97.1 Å². The van der Waals surface area contributed by atoms with E-state index in [1.54, 1.807) is 7.05 Å². The van der Waals surface area contributed by atoms with Gasteiger partial charge in [-0.1, -0.05) is 33.1 Å². The van der Waals surface area contributed by atoms with Gasteiger partial charge in [0.1, 0.15) is 0 Å². The third-order valence-electron chi connectivity index (χ3n) is 4.10. The number of anilines is 1. The van der Waals surface area contributed by atoms with E-state index in [2.05, 4.69) is 27.4 Å². The van der Waals surface area contributed by atoms with Crippen molar-refractivity contribution in [3.05, 3.63) is 20.8 Å². The number of hydrogen-bond acceptors (Lipinski definition) is 5. The van der Waals surface area contributed by atoms with Gasteiger partial charge in [-0.3, -0.25) is 14.3 Å². The Balaban J connectivity index is 2.49. The Morgan fingerprint density at radius 2 is 2.00 bits per heavy atom. The number of unbranched alkanes of at least 4 members (excludes halogenated alkanes) is 3. The Labute approximate surface area is 140 Å². The Morgan fingerprint density at radius 3 is 2.67 bits per heavy atom. The monoisotopic (exact) mass is 334 g/mol. The zero-order chi connectivity index (χ0) is 17.7. The van der Waals surface area contributed by atoms with Crippen LogP contribution in [0.4, 0.5) is 5.95 Å². The number of nitrogens with zero attached hydrogens (tertiary/aromatic N) is 4. The normalized spacial score (nSPS) is 12.1. The van der Waals surface area contributed by atoms with Gasteiger partial charge in [-0.25, -0.2) is 10.2 Å². The summed E-state index contributed by atoms with van der Waals surface area (Å²) in [6, 6.07) is 0. The van der Waals surface area contributed by atoms with E-state index < -0.39 is 11.2 Å². The summed E-state index contributed by atoms with van der Waals surface area (Å²) in [6.45, 7) is 6.75. The minimum Gasteiger partial charge on any atom is -0.303 e. The lowest BCUT2D eigenvalue weighted by Crippen LogP contribution is -2.29. The molecule has 0 atom stereocenters. The van der Waals surface area contributed by atoms with E-state index in [0.29, 0.717) is 23.7 Å². The number of aromatic nitrogens is 4. The van der Waals surface area contributed by atoms with Crippen molar-refractivity contribution in [3.63, 3.8) is 0 Å². The Morgan fingerprint density at radius 1 is 1.25 bits per heavy atom. The predicted molar refractivity (Wildman–Crippen MR) is 96.8 cm³/mol. The lowest BCUT2D eigenvalue weighted by atomic mass is 10.2. The van der Waals surface area contributed by atoms with E-state index in [4.69, 9.17) is 0 Å². The first-order chi connectivity index (χ1) is 11.5. The number of imidazole rings is 1. The van der Waals surface area contributed by atoms with Gasteiger partial charge >= 0.3 is 5.69 Å². The molecule has 2 heterocycles. The molecule has 2 aromatic heterocycles. The van der Waals surface area contributed by atoms with Crippen molar-refractivity contribution < 1.29 is 0 Å². The number of rotatable bonds is 8. The van der Waals surface area contributed by atoms with E-state index in [9.17, 15) is 9.59 Å². The largest absolute Gasteiger partial charge is 0.329 e. The van der Waals surface area contributed by atoms with Gasteiger partial charge in [-0.05, 0) is 19.8 Å². The maximum absolute atomic E-state index is 12.3. The lowest BCUT2D eigenvalue weighted by Gasteiger charge is -2.08. The van der Waals surface area contributed by atoms with Crippen LogP contribution in [0.5, 0.6) is 0 Å². The van der Waals surface area contributed by atoms with E-state index >= 15 is 0 Å². The van der Waals surface area contributed by atoms with Crippen molar-refractivity contribution in [2.24, 2.45) is 12.1 Å². The van der Waals surface area contributed by atoms with E-state index in [1.807, 2.05) is 18.4 Å². The van der Waals surface area contributed by atoms with Crippen molar-refractivity contribution >= 4 is 22.8 Å². The fourth-order valence-electron chi connectivity index (χ4n) is 2.46. The Bertz CT molecular complexity index is 843. The average molecular weight is 334 g/mol. The van der Waals surface area contributed by atoms with Gasteiger partial charge in [0.25, 0.3) is 5.56 Å². The van der Waals surface area contributed by atoms with Crippen molar-refractivity contribution in [1.29, 1.82) is 0 Å². The molecule has 0 saturated carbocycles. The fraction of sp³-hybridized carbons (Fsp3) is 0.625. The molecule has 8 nitrogen and oxygen atoms in total. The van der Waals surface area contributed by atoms with Gasteiger partial charge in [0.05, 0.1) is 0 Å². The maximum atomic E-state index is 12.3. The van der Waals surface area contributed by atoms with Gasteiger partial charge in [-0.2, -0.15) is 10.1 Å². The molecule has 0 amide bonds. The third kappa shape index (κ3) is 3.74. The molecule has 0 saturated heterocycles. The molecular weight excluding hydrogens is 308 g/mol. The number of aromatic amines is 1. The van der Waals surface area contributed by atoms with Crippen LogP contribution in [0, 0.1) is 0 Å². The molecule has 2 N–H and O–H groups in total. The van der Waals surface area contributed by atoms with Crippen LogP contribution >= 0.6 is 0 Å². The molecule has 0 bridgehead atoms. The number of fused-ring (bicyclic) bond motifs is 1. The lowest BCUT2D eigenvalue weighted by molar-refractivity contribution is 0.593. The molecule has 0 spiro atoms. The first-order valence-corrected chi connectivity index (χ1v) is 8.48. The number of aryl methyl sites for hydroxylation is 2. The average Bonchev–Trinajstić information content (AvgIpc) is 2.93. The van der Waals surface area contributed by atoms with Crippen molar-refractivity contribution in [2.45, 2.75) is 59.4 Å². The molecule has 0 aliphatic rings. The first-order valence-electron chi connectivity index (χ1n) is 8.48. The summed E-state index contributed by atoms with van der Waals surface area (Å²) in [5.41, 5.74) is 3.76. The van der Waals surface area contributed by atoms with E-state index in [-0.39, 0.29) is 0 Å². The molecule has 0 fully saturated rings.